The maximum absolute atomic E-state index is 11.4. The Hall–Kier alpha value is -1.00. The van der Waals surface area contributed by atoms with E-state index in [4.69, 9.17) is 11.6 Å². The molecule has 5 heteroatoms. The van der Waals surface area contributed by atoms with Crippen molar-refractivity contribution in [2.45, 2.75) is 18.2 Å². The van der Waals surface area contributed by atoms with E-state index >= 15 is 0 Å². The van der Waals surface area contributed by atoms with Gasteiger partial charge < -0.3 is 5.32 Å². The van der Waals surface area contributed by atoms with Crippen molar-refractivity contribution in [1.29, 1.82) is 0 Å². The molecule has 1 aliphatic heterocycles. The number of fused-ring (bicyclic) bond motifs is 1. The van der Waals surface area contributed by atoms with Crippen molar-refractivity contribution in [3.8, 4) is 0 Å². The molecule has 0 bridgehead atoms. The summed E-state index contributed by atoms with van der Waals surface area (Å²) in [6, 6.07) is 3.33. The first-order valence-electron chi connectivity index (χ1n) is 4.95. The van der Waals surface area contributed by atoms with Crippen LogP contribution < -0.4 is 5.32 Å². The van der Waals surface area contributed by atoms with Gasteiger partial charge in [0.05, 0.1) is 16.3 Å². The maximum Gasteiger partial charge on any atom is 0.296 e. The van der Waals surface area contributed by atoms with Gasteiger partial charge >= 0.3 is 0 Å². The van der Waals surface area contributed by atoms with E-state index in [0.717, 1.165) is 17.1 Å². The van der Waals surface area contributed by atoms with E-state index in [-0.39, 0.29) is 0 Å². The molecule has 16 heavy (non-hydrogen) atoms. The first-order valence-corrected chi connectivity index (χ1v) is 6.32. The number of hydrogen-bond acceptors (Lipinski definition) is 3. The normalized spacial score (nSPS) is 13.9. The van der Waals surface area contributed by atoms with E-state index < -0.39 is 11.7 Å². The summed E-state index contributed by atoms with van der Waals surface area (Å²) < 4.78 is 0. The molecule has 1 aliphatic rings. The fraction of sp³-hybridized carbons (Fsp3) is 0.273. The van der Waals surface area contributed by atoms with Crippen LogP contribution in [0.25, 0.3) is 0 Å². The van der Waals surface area contributed by atoms with Crippen LogP contribution in [0.4, 0.5) is 5.69 Å². The average molecular weight is 256 g/mol. The monoisotopic (exact) mass is 255 g/mol. The Bertz CT molecular complexity index is 473. The van der Waals surface area contributed by atoms with Crippen molar-refractivity contribution in [2.24, 2.45) is 0 Å². The summed E-state index contributed by atoms with van der Waals surface area (Å²) in [5.41, 5.74) is 0.939. The Morgan fingerprint density at radius 3 is 2.81 bits per heavy atom. The average Bonchev–Trinajstić information content (AvgIpc) is 2.52. The van der Waals surface area contributed by atoms with Crippen molar-refractivity contribution in [1.82, 2.24) is 0 Å². The summed E-state index contributed by atoms with van der Waals surface area (Å²) in [7, 11) is 0. The number of rotatable bonds is 3. The molecule has 0 saturated heterocycles. The number of ketones is 1. The SMILES string of the molecule is CCCSc1cc2c(cc1Cl)C(=O)C(=O)N2. The Labute approximate surface area is 103 Å². The Balaban J connectivity index is 2.36. The minimum atomic E-state index is -0.580. The molecule has 2 rings (SSSR count). The number of nitrogens with one attached hydrogen (secondary N) is 1. The summed E-state index contributed by atoms with van der Waals surface area (Å²) >= 11 is 7.67. The van der Waals surface area contributed by atoms with E-state index in [2.05, 4.69) is 12.2 Å². The highest BCUT2D eigenvalue weighted by Crippen LogP contribution is 2.35. The molecule has 84 valence electrons. The second-order valence-corrected chi connectivity index (χ2v) is 5.00. The van der Waals surface area contributed by atoms with Gasteiger partial charge in [-0.25, -0.2) is 0 Å². The molecule has 1 heterocycles. The summed E-state index contributed by atoms with van der Waals surface area (Å²) in [4.78, 5) is 23.5. The van der Waals surface area contributed by atoms with Crippen molar-refractivity contribution >= 4 is 40.7 Å². The highest BCUT2D eigenvalue weighted by Gasteiger charge is 2.28. The van der Waals surface area contributed by atoms with Crippen LogP contribution >= 0.6 is 23.4 Å². The number of benzene rings is 1. The number of halogens is 1. The number of thioether (sulfide) groups is 1. The molecule has 1 amide bonds. The number of Topliss-reactive ketones (excluding diaryl/α,β-unsaturated/α-hetero) is 1. The molecule has 0 saturated carbocycles. The van der Waals surface area contributed by atoms with Crippen molar-refractivity contribution in [2.75, 3.05) is 11.1 Å². The van der Waals surface area contributed by atoms with Gasteiger partial charge in [-0.2, -0.15) is 0 Å². The quantitative estimate of drug-likeness (QED) is 0.667. The largest absolute Gasteiger partial charge is 0.318 e. The van der Waals surface area contributed by atoms with Crippen LogP contribution in [-0.2, 0) is 4.79 Å². The minimum Gasteiger partial charge on any atom is -0.318 e. The lowest BCUT2D eigenvalue weighted by Crippen LogP contribution is -2.12. The fourth-order valence-corrected chi connectivity index (χ4v) is 2.62. The minimum absolute atomic E-state index is 0.371. The third kappa shape index (κ3) is 1.95. The van der Waals surface area contributed by atoms with Crippen LogP contribution in [0.5, 0.6) is 0 Å². The first kappa shape index (κ1) is 11.5. The number of carbonyl (C=O) groups is 2. The summed E-state index contributed by atoms with van der Waals surface area (Å²) in [6.45, 7) is 2.08. The van der Waals surface area contributed by atoms with E-state index in [9.17, 15) is 9.59 Å². The van der Waals surface area contributed by atoms with Crippen LogP contribution in [-0.4, -0.2) is 17.4 Å². The third-order valence-corrected chi connectivity index (χ3v) is 3.92. The number of anilines is 1. The predicted molar refractivity (Wildman–Crippen MR) is 65.4 cm³/mol. The molecule has 1 aromatic carbocycles. The van der Waals surface area contributed by atoms with Crippen molar-refractivity contribution in [3.05, 3.63) is 22.7 Å². The molecular formula is C11H10ClNO2S. The number of amides is 1. The maximum atomic E-state index is 11.4. The van der Waals surface area contributed by atoms with E-state index in [1.54, 1.807) is 23.9 Å². The fourth-order valence-electron chi connectivity index (χ4n) is 1.47. The van der Waals surface area contributed by atoms with Gasteiger partial charge in [0.15, 0.2) is 0 Å². The summed E-state index contributed by atoms with van der Waals surface area (Å²) in [5.74, 6) is -0.131. The van der Waals surface area contributed by atoms with Crippen LogP contribution in [0.1, 0.15) is 23.7 Å². The molecule has 0 aromatic heterocycles. The zero-order valence-electron chi connectivity index (χ0n) is 8.67. The topological polar surface area (TPSA) is 46.2 Å². The van der Waals surface area contributed by atoms with Gasteiger partial charge in [-0.05, 0) is 24.3 Å². The van der Waals surface area contributed by atoms with Gasteiger partial charge in [-0.15, -0.1) is 11.8 Å². The Morgan fingerprint density at radius 1 is 1.38 bits per heavy atom. The molecule has 0 spiro atoms. The van der Waals surface area contributed by atoms with Crippen molar-refractivity contribution in [3.63, 3.8) is 0 Å². The highest BCUT2D eigenvalue weighted by atomic mass is 35.5. The third-order valence-electron chi connectivity index (χ3n) is 2.23. The smallest absolute Gasteiger partial charge is 0.296 e. The van der Waals surface area contributed by atoms with Gasteiger partial charge in [-0.3, -0.25) is 9.59 Å². The molecule has 0 atom stereocenters. The van der Waals surface area contributed by atoms with Gasteiger partial charge in [0.25, 0.3) is 11.7 Å². The van der Waals surface area contributed by atoms with Crippen LogP contribution in [0.15, 0.2) is 17.0 Å². The molecule has 3 nitrogen and oxygen atoms in total. The van der Waals surface area contributed by atoms with Gasteiger partial charge in [0.2, 0.25) is 0 Å². The Kier molecular flexibility index (Phi) is 3.21. The second kappa shape index (κ2) is 4.47. The lowest BCUT2D eigenvalue weighted by molar-refractivity contribution is -0.112. The first-order chi connectivity index (χ1) is 7.63. The molecule has 1 aromatic rings. The second-order valence-electron chi connectivity index (χ2n) is 3.46. The number of carbonyl (C=O) groups excluding carboxylic acids is 2. The van der Waals surface area contributed by atoms with E-state index in [0.29, 0.717) is 16.3 Å². The van der Waals surface area contributed by atoms with E-state index in [1.165, 1.54) is 0 Å². The predicted octanol–water partition coefficient (Wildman–Crippen LogP) is 2.98. The van der Waals surface area contributed by atoms with Gasteiger partial charge in [0.1, 0.15) is 0 Å². The molecule has 0 aliphatic carbocycles. The van der Waals surface area contributed by atoms with E-state index in [1.807, 2.05) is 0 Å². The van der Waals surface area contributed by atoms with Crippen LogP contribution in [0.2, 0.25) is 5.02 Å². The number of hydrogen-bond donors (Lipinski definition) is 1. The van der Waals surface area contributed by atoms with Gasteiger partial charge in [0, 0.05) is 4.90 Å². The zero-order valence-corrected chi connectivity index (χ0v) is 10.2. The zero-order chi connectivity index (χ0) is 11.7. The molecule has 0 radical (unpaired) electrons. The lowest BCUT2D eigenvalue weighted by Gasteiger charge is -2.05. The van der Waals surface area contributed by atoms with Crippen LogP contribution in [0, 0.1) is 0 Å². The van der Waals surface area contributed by atoms with Gasteiger partial charge in [-0.1, -0.05) is 18.5 Å². The molecule has 0 fully saturated rings. The Morgan fingerprint density at radius 2 is 2.12 bits per heavy atom. The summed E-state index contributed by atoms with van der Waals surface area (Å²) in [5, 5.41) is 3.06. The lowest BCUT2D eigenvalue weighted by atomic mass is 10.1. The van der Waals surface area contributed by atoms with Crippen LogP contribution in [0.3, 0.4) is 0 Å². The van der Waals surface area contributed by atoms with Crippen molar-refractivity contribution < 1.29 is 9.59 Å². The standard InChI is InChI=1S/C11H10ClNO2S/c1-2-3-16-9-5-8-6(4-7(9)12)10(14)11(15)13-8/h4-5H,2-3H2,1H3,(H,13,14,15). The highest BCUT2D eigenvalue weighted by molar-refractivity contribution is 7.99. The summed E-state index contributed by atoms with van der Waals surface area (Å²) in [6.07, 6.45) is 1.05. The molecular weight excluding hydrogens is 246 g/mol. The molecule has 0 unspecified atom stereocenters. The molecule has 1 N–H and O–H groups in total.